The van der Waals surface area contributed by atoms with E-state index in [4.69, 9.17) is 11.6 Å². The molecule has 9 nitrogen and oxygen atoms in total. The highest BCUT2D eigenvalue weighted by atomic mass is 16.2. The van der Waals surface area contributed by atoms with Crippen LogP contribution in [-0.4, -0.2) is 33.6 Å². The molecular formula is C24H22N6O3. The number of carbonyl (C=O) groups is 3. The first-order valence-corrected chi connectivity index (χ1v) is 10.5. The van der Waals surface area contributed by atoms with Crippen LogP contribution in [0.2, 0.25) is 0 Å². The third-order valence-corrected chi connectivity index (χ3v) is 6.08. The molecule has 1 atom stereocenters. The van der Waals surface area contributed by atoms with Crippen LogP contribution < -0.4 is 21.9 Å². The molecule has 0 bridgehead atoms. The summed E-state index contributed by atoms with van der Waals surface area (Å²) in [7, 11) is 0. The Morgan fingerprint density at radius 2 is 2.03 bits per heavy atom. The third-order valence-electron chi connectivity index (χ3n) is 6.08. The van der Waals surface area contributed by atoms with E-state index >= 15 is 0 Å². The van der Waals surface area contributed by atoms with Crippen LogP contribution in [0.5, 0.6) is 0 Å². The van der Waals surface area contributed by atoms with Gasteiger partial charge in [0, 0.05) is 48.1 Å². The van der Waals surface area contributed by atoms with Crippen LogP contribution in [0.4, 0.5) is 5.69 Å². The first-order chi connectivity index (χ1) is 15.9. The maximum atomic E-state index is 12.9. The summed E-state index contributed by atoms with van der Waals surface area (Å²) in [5, 5.41) is 5.66. The lowest BCUT2D eigenvalue weighted by Gasteiger charge is -2.29. The number of pyridine rings is 1. The van der Waals surface area contributed by atoms with Crippen molar-refractivity contribution in [3.8, 4) is 0 Å². The minimum atomic E-state index is -0.656. The Bertz CT molecular complexity index is 1330. The summed E-state index contributed by atoms with van der Waals surface area (Å²) in [6, 6.07) is 12.3. The topological polar surface area (TPSA) is 135 Å². The molecule has 2 aliphatic rings. The smallest absolute Gasteiger partial charge is 0.255 e. The van der Waals surface area contributed by atoms with Gasteiger partial charge in [-0.15, -0.1) is 0 Å². The second-order valence-electron chi connectivity index (χ2n) is 8.14. The van der Waals surface area contributed by atoms with E-state index in [0.717, 1.165) is 21.9 Å². The molecule has 3 amide bonds. The molecule has 3 heterocycles. The first kappa shape index (κ1) is 20.7. The van der Waals surface area contributed by atoms with Gasteiger partial charge in [-0.1, -0.05) is 18.2 Å². The van der Waals surface area contributed by atoms with Gasteiger partial charge in [-0.3, -0.25) is 29.7 Å². The number of fused-ring (bicyclic) bond motifs is 2. The van der Waals surface area contributed by atoms with Crippen molar-refractivity contribution in [3.05, 3.63) is 77.7 Å². The molecular weight excluding hydrogens is 420 g/mol. The number of aromatic nitrogens is 1. The molecule has 9 heteroatoms. The lowest BCUT2D eigenvalue weighted by Crippen LogP contribution is -2.52. The number of hydrogen-bond acceptors (Lipinski definition) is 7. The van der Waals surface area contributed by atoms with Crippen molar-refractivity contribution in [2.24, 2.45) is 11.6 Å². The number of imide groups is 1. The summed E-state index contributed by atoms with van der Waals surface area (Å²) < 4.78 is 0. The predicted molar refractivity (Wildman–Crippen MR) is 123 cm³/mol. The monoisotopic (exact) mass is 442 g/mol. The number of nitrogens with one attached hydrogen (secondary N) is 1. The number of hydrogen-bond donors (Lipinski definition) is 3. The Labute approximate surface area is 189 Å². The lowest BCUT2D eigenvalue weighted by molar-refractivity contribution is -0.136. The van der Waals surface area contributed by atoms with Crippen LogP contribution in [0, 0.1) is 0 Å². The van der Waals surface area contributed by atoms with E-state index < -0.39 is 11.9 Å². The van der Waals surface area contributed by atoms with Gasteiger partial charge in [0.25, 0.3) is 5.91 Å². The van der Waals surface area contributed by atoms with Crippen LogP contribution in [0.25, 0.3) is 16.5 Å². The average molecular weight is 442 g/mol. The SMILES string of the molecule is N/C(=C\N(N)c1ccc2c(c1)CN(C1CCC(=O)NC1=O)C2=O)c1cccc2cnccc12. The molecule has 5 N–H and O–H groups in total. The Morgan fingerprint density at radius 3 is 2.85 bits per heavy atom. The second-order valence-corrected chi connectivity index (χ2v) is 8.14. The van der Waals surface area contributed by atoms with Gasteiger partial charge in [-0.2, -0.15) is 0 Å². The number of anilines is 1. The molecule has 0 spiro atoms. The van der Waals surface area contributed by atoms with Crippen molar-refractivity contribution in [1.29, 1.82) is 0 Å². The summed E-state index contributed by atoms with van der Waals surface area (Å²) >= 11 is 0. The van der Waals surface area contributed by atoms with Crippen molar-refractivity contribution in [2.45, 2.75) is 25.4 Å². The molecule has 5 rings (SSSR count). The van der Waals surface area contributed by atoms with E-state index in [1.807, 2.05) is 30.3 Å². The predicted octanol–water partition coefficient (Wildman–Crippen LogP) is 1.63. The number of nitrogens with two attached hydrogens (primary N) is 2. The summed E-state index contributed by atoms with van der Waals surface area (Å²) in [6.07, 6.45) is 5.65. The van der Waals surface area contributed by atoms with Crippen LogP contribution in [0.3, 0.4) is 0 Å². The highest BCUT2D eigenvalue weighted by Gasteiger charge is 2.39. The summed E-state index contributed by atoms with van der Waals surface area (Å²) in [5.74, 6) is 5.31. The molecule has 3 aromatic rings. The highest BCUT2D eigenvalue weighted by Crippen LogP contribution is 2.30. The number of amides is 3. The van der Waals surface area contributed by atoms with E-state index in [0.29, 0.717) is 23.4 Å². The molecule has 0 aliphatic carbocycles. The van der Waals surface area contributed by atoms with Gasteiger partial charge in [0.1, 0.15) is 6.04 Å². The number of benzene rings is 2. The van der Waals surface area contributed by atoms with Gasteiger partial charge in [0.05, 0.1) is 11.4 Å². The quantitative estimate of drug-likeness (QED) is 0.318. The minimum Gasteiger partial charge on any atom is -0.397 e. The zero-order chi connectivity index (χ0) is 23.1. The van der Waals surface area contributed by atoms with Crippen LogP contribution >= 0.6 is 0 Å². The van der Waals surface area contributed by atoms with Gasteiger partial charge in [-0.05, 0) is 41.6 Å². The van der Waals surface area contributed by atoms with Gasteiger partial charge in [-0.25, -0.2) is 5.84 Å². The van der Waals surface area contributed by atoms with E-state index in [9.17, 15) is 14.4 Å². The first-order valence-electron chi connectivity index (χ1n) is 10.5. The van der Waals surface area contributed by atoms with Crippen LogP contribution in [0.1, 0.15) is 34.3 Å². The van der Waals surface area contributed by atoms with Crippen molar-refractivity contribution in [2.75, 3.05) is 5.01 Å². The van der Waals surface area contributed by atoms with Gasteiger partial charge in [0.2, 0.25) is 11.8 Å². The molecule has 0 radical (unpaired) electrons. The molecule has 2 aromatic carbocycles. The third kappa shape index (κ3) is 3.68. The van der Waals surface area contributed by atoms with Crippen molar-refractivity contribution < 1.29 is 14.4 Å². The van der Waals surface area contributed by atoms with E-state index in [-0.39, 0.29) is 24.8 Å². The van der Waals surface area contributed by atoms with Crippen molar-refractivity contribution >= 4 is 39.9 Å². The number of hydrazine groups is 1. The molecule has 1 aromatic heterocycles. The van der Waals surface area contributed by atoms with Crippen molar-refractivity contribution in [3.63, 3.8) is 0 Å². The molecule has 2 aliphatic heterocycles. The number of carbonyl (C=O) groups excluding carboxylic acids is 3. The largest absolute Gasteiger partial charge is 0.397 e. The highest BCUT2D eigenvalue weighted by molar-refractivity contribution is 6.05. The number of piperidine rings is 1. The van der Waals surface area contributed by atoms with E-state index in [2.05, 4.69) is 10.3 Å². The van der Waals surface area contributed by atoms with Gasteiger partial charge >= 0.3 is 0 Å². The molecule has 1 fully saturated rings. The fourth-order valence-corrected chi connectivity index (χ4v) is 4.39. The molecule has 1 saturated heterocycles. The lowest BCUT2D eigenvalue weighted by atomic mass is 10.0. The van der Waals surface area contributed by atoms with Gasteiger partial charge in [0.15, 0.2) is 0 Å². The minimum absolute atomic E-state index is 0.215. The van der Waals surface area contributed by atoms with E-state index in [1.54, 1.807) is 30.7 Å². The average Bonchev–Trinajstić information content (AvgIpc) is 3.14. The number of rotatable bonds is 4. The number of nitrogens with zero attached hydrogens (tertiary/aromatic N) is 3. The Kier molecular flexibility index (Phi) is 5.02. The fourth-order valence-electron chi connectivity index (χ4n) is 4.39. The molecule has 1 unspecified atom stereocenters. The van der Waals surface area contributed by atoms with Crippen LogP contribution in [0.15, 0.2) is 61.1 Å². The second kappa shape index (κ2) is 8.03. The van der Waals surface area contributed by atoms with E-state index in [1.165, 1.54) is 9.91 Å². The zero-order valence-electron chi connectivity index (χ0n) is 17.7. The summed E-state index contributed by atoms with van der Waals surface area (Å²) in [4.78, 5) is 42.2. The Morgan fingerprint density at radius 1 is 1.18 bits per heavy atom. The fraction of sp³-hybridized carbons (Fsp3) is 0.167. The standard InChI is InChI=1S/C24H22N6O3/c25-20(19-3-1-2-14-11-27-9-8-17(14)19)13-30(26)16-4-5-18-15(10-16)12-29(24(18)33)21-6-7-22(31)28-23(21)32/h1-5,8-11,13,21H,6-7,12,25-26H2,(H,28,31,32)/b20-13-. The maximum absolute atomic E-state index is 12.9. The molecule has 33 heavy (non-hydrogen) atoms. The maximum Gasteiger partial charge on any atom is 0.255 e. The zero-order valence-corrected chi connectivity index (χ0v) is 17.7. The van der Waals surface area contributed by atoms with Crippen LogP contribution in [-0.2, 0) is 16.1 Å². The van der Waals surface area contributed by atoms with Gasteiger partial charge < -0.3 is 10.6 Å². The molecule has 166 valence electrons. The normalized spacial score (nSPS) is 18.5. The Hall–Kier alpha value is -4.24. The molecule has 0 saturated carbocycles. The Balaban J connectivity index is 1.39. The summed E-state index contributed by atoms with van der Waals surface area (Å²) in [6.45, 7) is 0.275. The van der Waals surface area contributed by atoms with Crippen molar-refractivity contribution in [1.82, 2.24) is 15.2 Å². The summed E-state index contributed by atoms with van der Waals surface area (Å²) in [5.41, 5.74) is 9.62.